The van der Waals surface area contributed by atoms with E-state index in [1.807, 2.05) is 121 Å². The van der Waals surface area contributed by atoms with Gasteiger partial charge in [-0.25, -0.2) is 29.9 Å². The Morgan fingerprint density at radius 3 is 1.03 bits per heavy atom. The summed E-state index contributed by atoms with van der Waals surface area (Å²) in [5, 5.41) is 2.22. The van der Waals surface area contributed by atoms with Gasteiger partial charge < -0.3 is 14.4 Å². The van der Waals surface area contributed by atoms with Crippen molar-refractivity contribution in [1.82, 2.24) is 34.5 Å². The van der Waals surface area contributed by atoms with Crippen molar-refractivity contribution >= 4 is 79.0 Å². The van der Waals surface area contributed by atoms with Gasteiger partial charge >= 0.3 is 0 Å². The van der Waals surface area contributed by atoms with Crippen molar-refractivity contribution in [2.75, 3.05) is 9.80 Å². The Hall–Kier alpha value is -11.9. The second-order valence-electron chi connectivity index (χ2n) is 22.3. The van der Waals surface area contributed by atoms with Crippen LogP contribution in [0.1, 0.15) is 0 Å². The topological polar surface area (TPSA) is 88.7 Å². The van der Waals surface area contributed by atoms with E-state index in [1.165, 1.54) is 27.8 Å². The molecule has 2 aliphatic heterocycles. The summed E-state index contributed by atoms with van der Waals surface area (Å²) < 4.78 is 2.36. The second-order valence-corrected chi connectivity index (χ2v) is 22.3. The molecule has 2 aliphatic rings. The molecule has 10 heteroatoms. The fraction of sp³-hybridized carbons (Fsp3) is 0. The molecule has 0 atom stereocenters. The molecule has 88 heavy (non-hydrogen) atoms. The van der Waals surface area contributed by atoms with Crippen LogP contribution >= 0.6 is 0 Å². The maximum Gasteiger partial charge on any atom is 0.252 e. The zero-order chi connectivity index (χ0) is 58.1. The van der Waals surface area contributed by atoms with Crippen LogP contribution in [0.25, 0.3) is 107 Å². The molecule has 0 fully saturated rings. The number of rotatable bonds is 10. The average molecular weight is 1120 g/mol. The van der Waals surface area contributed by atoms with E-state index >= 15 is 0 Å². The van der Waals surface area contributed by atoms with Crippen molar-refractivity contribution in [2.24, 2.45) is 0 Å². The maximum atomic E-state index is 5.29. The van der Waals surface area contributed by atoms with Crippen molar-refractivity contribution < 1.29 is 0 Å². The minimum absolute atomic E-state index is 0.00675. The summed E-state index contributed by atoms with van der Waals surface area (Å²) >= 11 is 0. The monoisotopic (exact) mass is 1120 g/mol. The molecule has 0 amide bonds. The van der Waals surface area contributed by atoms with Crippen LogP contribution in [-0.2, 0) is 0 Å². The Labute approximate surface area is 509 Å². The van der Waals surface area contributed by atoms with Gasteiger partial charge in [-0.1, -0.05) is 218 Å². The predicted octanol–water partition coefficient (Wildman–Crippen LogP) is 16.9. The van der Waals surface area contributed by atoms with Gasteiger partial charge in [0, 0.05) is 84.0 Å². The molecule has 17 rings (SSSR count). The Balaban J connectivity index is 0.901. The molecule has 5 heterocycles. The Morgan fingerprint density at radius 1 is 0.227 bits per heavy atom. The lowest BCUT2D eigenvalue weighted by atomic mass is 9.33. The Kier molecular flexibility index (Phi) is 12.1. The maximum absolute atomic E-state index is 5.29. The predicted molar refractivity (Wildman–Crippen MR) is 360 cm³/mol. The Bertz CT molecular complexity index is 4790. The van der Waals surface area contributed by atoms with Crippen LogP contribution in [0, 0.1) is 0 Å². The standard InChI is InChI=1S/C78H50BN9/c1-7-25-51(26-8-1)73-80-74(52-27-9-2-10-28-52)83-77(82-73)57-45-58(78-84-75(53-29-11-3-12-30-53)81-76(85-78)54-31-13-4-14-32-54)47-61(46-57)88-66-40-22-19-37-62(66)63-48-55(43-44-67(63)88)56-49-70-72-71(50-56)87(60-35-17-6-18-36-60)69-42-24-21-39-65(69)79(72)64-38-20-23-41-68(64)86(70)59-33-15-5-16-34-59/h1-50H. The normalized spacial score (nSPS) is 12.2. The van der Waals surface area contributed by atoms with Gasteiger partial charge in [0.2, 0.25) is 0 Å². The quantitative estimate of drug-likeness (QED) is 0.125. The van der Waals surface area contributed by atoms with E-state index in [-0.39, 0.29) is 6.71 Å². The van der Waals surface area contributed by atoms with Crippen LogP contribution in [0.3, 0.4) is 0 Å². The number of anilines is 6. The summed E-state index contributed by atoms with van der Waals surface area (Å²) in [7, 11) is 0. The fourth-order valence-electron chi connectivity index (χ4n) is 13.1. The van der Waals surface area contributed by atoms with E-state index in [4.69, 9.17) is 29.9 Å². The molecule has 0 spiro atoms. The lowest BCUT2D eigenvalue weighted by Crippen LogP contribution is -2.61. The fourth-order valence-corrected chi connectivity index (χ4v) is 13.1. The van der Waals surface area contributed by atoms with Crippen LogP contribution < -0.4 is 26.2 Å². The van der Waals surface area contributed by atoms with Crippen molar-refractivity contribution in [2.45, 2.75) is 0 Å². The molecule has 0 N–H and O–H groups in total. The number of benzene rings is 12. The molecule has 0 aliphatic carbocycles. The van der Waals surface area contributed by atoms with Gasteiger partial charge in [-0.15, -0.1) is 0 Å². The number of hydrogen-bond donors (Lipinski definition) is 0. The smallest absolute Gasteiger partial charge is 0.252 e. The Morgan fingerprint density at radius 2 is 0.591 bits per heavy atom. The first-order chi connectivity index (χ1) is 43.6. The summed E-state index contributed by atoms with van der Waals surface area (Å²) in [6.45, 7) is 0.00675. The molecule has 0 radical (unpaired) electrons. The van der Waals surface area contributed by atoms with Crippen LogP contribution in [0.5, 0.6) is 0 Å². The zero-order valence-corrected chi connectivity index (χ0v) is 47.5. The van der Waals surface area contributed by atoms with Crippen molar-refractivity contribution in [1.29, 1.82) is 0 Å². The van der Waals surface area contributed by atoms with E-state index in [0.29, 0.717) is 34.9 Å². The molecular weight excluding hydrogens is 1070 g/mol. The van der Waals surface area contributed by atoms with Gasteiger partial charge in [0.1, 0.15) is 0 Å². The zero-order valence-electron chi connectivity index (χ0n) is 47.5. The molecule has 0 saturated heterocycles. The second kappa shape index (κ2) is 21.0. The lowest BCUT2D eigenvalue weighted by molar-refractivity contribution is 1.06. The van der Waals surface area contributed by atoms with E-state index < -0.39 is 0 Å². The van der Waals surface area contributed by atoms with Crippen molar-refractivity contribution in [3.8, 4) is 85.1 Å². The number of fused-ring (bicyclic) bond motifs is 7. The van der Waals surface area contributed by atoms with Crippen molar-refractivity contribution in [3.63, 3.8) is 0 Å². The summed E-state index contributed by atoms with van der Waals surface area (Å²) in [4.78, 5) is 36.3. The van der Waals surface area contributed by atoms with Gasteiger partial charge in [-0.3, -0.25) is 0 Å². The van der Waals surface area contributed by atoms with Crippen LogP contribution in [-0.4, -0.2) is 41.2 Å². The highest BCUT2D eigenvalue weighted by Crippen LogP contribution is 2.47. The molecule has 0 saturated carbocycles. The first-order valence-electron chi connectivity index (χ1n) is 29.6. The van der Waals surface area contributed by atoms with Gasteiger partial charge in [-0.05, 0) is 112 Å². The van der Waals surface area contributed by atoms with Crippen molar-refractivity contribution in [3.05, 3.63) is 303 Å². The molecule has 15 aromatic rings. The van der Waals surface area contributed by atoms with Crippen LogP contribution in [0.4, 0.5) is 34.1 Å². The minimum Gasteiger partial charge on any atom is -0.311 e. The number of nitrogens with zero attached hydrogens (tertiary/aromatic N) is 9. The van der Waals surface area contributed by atoms with E-state index in [9.17, 15) is 0 Å². The van der Waals surface area contributed by atoms with Gasteiger partial charge in [0.05, 0.1) is 11.0 Å². The average Bonchev–Trinajstić information content (AvgIpc) is 0.842. The van der Waals surface area contributed by atoms with Crippen LogP contribution in [0.2, 0.25) is 0 Å². The van der Waals surface area contributed by atoms with E-state index in [1.54, 1.807) is 0 Å². The molecule has 410 valence electrons. The summed E-state index contributed by atoms with van der Waals surface area (Å²) in [5.74, 6) is 3.29. The van der Waals surface area contributed by atoms with Gasteiger partial charge in [0.15, 0.2) is 34.9 Å². The molecule has 0 bridgehead atoms. The van der Waals surface area contributed by atoms with E-state index in [0.717, 1.165) is 94.8 Å². The SMILES string of the molecule is c1ccc(-c2nc(-c3ccccc3)nc(-c3cc(-c4nc(-c5ccccc5)nc(-c5ccccc5)n4)cc(-n4c5ccccc5c5cc(-c6cc7c8c(c6)N(c6ccccc6)c6ccccc6B8c6ccccc6N7c6ccccc6)ccc54)c3)n2)cc1. The summed E-state index contributed by atoms with van der Waals surface area (Å²) in [5.41, 5.74) is 20.9. The summed E-state index contributed by atoms with van der Waals surface area (Å²) in [6.07, 6.45) is 0. The lowest BCUT2D eigenvalue weighted by Gasteiger charge is -2.44. The number of para-hydroxylation sites is 5. The number of hydrogen-bond acceptors (Lipinski definition) is 8. The third-order valence-corrected chi connectivity index (χ3v) is 17.0. The first kappa shape index (κ1) is 50.6. The molecule has 0 unspecified atom stereocenters. The third-order valence-electron chi connectivity index (χ3n) is 17.0. The molecule has 12 aromatic carbocycles. The van der Waals surface area contributed by atoms with Gasteiger partial charge in [0.25, 0.3) is 6.71 Å². The summed E-state index contributed by atoms with van der Waals surface area (Å²) in [6, 6.07) is 107. The third kappa shape index (κ3) is 8.64. The highest BCUT2D eigenvalue weighted by Gasteiger charge is 2.43. The highest BCUT2D eigenvalue weighted by molar-refractivity contribution is 7.00. The van der Waals surface area contributed by atoms with Crippen LogP contribution in [0.15, 0.2) is 303 Å². The minimum atomic E-state index is 0.00675. The molecule has 9 nitrogen and oxygen atoms in total. The highest BCUT2D eigenvalue weighted by atomic mass is 15.2. The molecule has 3 aromatic heterocycles. The van der Waals surface area contributed by atoms with Gasteiger partial charge in [-0.2, -0.15) is 0 Å². The van der Waals surface area contributed by atoms with E-state index in [2.05, 4.69) is 196 Å². The molecular formula is C78H50BN9. The number of aromatic nitrogens is 7. The largest absolute Gasteiger partial charge is 0.311 e. The first-order valence-corrected chi connectivity index (χ1v) is 29.6.